The summed E-state index contributed by atoms with van der Waals surface area (Å²) in [6.07, 6.45) is 2.71. The second-order valence-corrected chi connectivity index (χ2v) is 5.73. The number of hydrogen-bond acceptors (Lipinski definition) is 5. The summed E-state index contributed by atoms with van der Waals surface area (Å²) in [4.78, 5) is 30.0. The Kier molecular flexibility index (Phi) is 5.25. The molecule has 0 spiro atoms. The van der Waals surface area contributed by atoms with Crippen LogP contribution in [-0.4, -0.2) is 40.3 Å². The minimum absolute atomic E-state index is 0.0420. The van der Waals surface area contributed by atoms with Gasteiger partial charge in [0, 0.05) is 24.4 Å². The van der Waals surface area contributed by atoms with Crippen LogP contribution in [0.25, 0.3) is 0 Å². The largest absolute Gasteiger partial charge is 0.305 e. The highest BCUT2D eigenvalue weighted by molar-refractivity contribution is 7.07. The third-order valence-corrected chi connectivity index (χ3v) is 4.38. The van der Waals surface area contributed by atoms with E-state index in [2.05, 4.69) is 10.3 Å². The summed E-state index contributed by atoms with van der Waals surface area (Å²) in [5.41, 5.74) is 2.82. The predicted molar refractivity (Wildman–Crippen MR) is 78.4 cm³/mol. The molecule has 1 atom stereocenters. The Labute approximate surface area is 123 Å². The van der Waals surface area contributed by atoms with Crippen molar-refractivity contribution in [2.24, 2.45) is 0 Å². The first-order valence-corrected chi connectivity index (χ1v) is 8.08. The van der Waals surface area contributed by atoms with E-state index in [1.807, 2.05) is 19.2 Å². The summed E-state index contributed by atoms with van der Waals surface area (Å²) in [6, 6.07) is -0.318. The standard InChI is InChI=1S/C14H21N3O2S/c1-3-11(4-2)17-13(18)7-12(14(17)19)15-6-5-10-8-20-9-16-10/h8-9,11-12,15H,3-7H2,1-2H3. The molecule has 0 bridgehead atoms. The molecule has 5 nitrogen and oxygen atoms in total. The summed E-state index contributed by atoms with van der Waals surface area (Å²) >= 11 is 1.57. The molecule has 1 aromatic heterocycles. The lowest BCUT2D eigenvalue weighted by molar-refractivity contribution is -0.141. The second-order valence-electron chi connectivity index (χ2n) is 5.01. The highest BCUT2D eigenvalue weighted by atomic mass is 32.1. The van der Waals surface area contributed by atoms with Crippen LogP contribution in [0.3, 0.4) is 0 Å². The summed E-state index contributed by atoms with van der Waals surface area (Å²) in [5.74, 6) is -0.114. The third-order valence-electron chi connectivity index (χ3n) is 3.75. The van der Waals surface area contributed by atoms with Crippen molar-refractivity contribution < 1.29 is 9.59 Å². The lowest BCUT2D eigenvalue weighted by Gasteiger charge is -2.24. The van der Waals surface area contributed by atoms with Crippen LogP contribution in [0.5, 0.6) is 0 Å². The lowest BCUT2D eigenvalue weighted by Crippen LogP contribution is -2.44. The van der Waals surface area contributed by atoms with E-state index in [4.69, 9.17) is 0 Å². The minimum Gasteiger partial charge on any atom is -0.305 e. The van der Waals surface area contributed by atoms with Crippen LogP contribution >= 0.6 is 11.3 Å². The predicted octanol–water partition coefficient (Wildman–Crippen LogP) is 1.59. The molecule has 110 valence electrons. The Bertz CT molecular complexity index is 457. The molecule has 0 saturated carbocycles. The SMILES string of the molecule is CCC(CC)N1C(=O)CC(NCCc2cscn2)C1=O. The van der Waals surface area contributed by atoms with E-state index in [-0.39, 0.29) is 30.3 Å². The topological polar surface area (TPSA) is 62.3 Å². The molecular weight excluding hydrogens is 274 g/mol. The molecule has 2 rings (SSSR count). The number of rotatable bonds is 7. The number of thiazole rings is 1. The van der Waals surface area contributed by atoms with Crippen molar-refractivity contribution in [1.29, 1.82) is 0 Å². The van der Waals surface area contributed by atoms with E-state index in [1.165, 1.54) is 4.90 Å². The molecule has 0 radical (unpaired) electrons. The molecule has 2 heterocycles. The van der Waals surface area contributed by atoms with Gasteiger partial charge in [0.25, 0.3) is 0 Å². The van der Waals surface area contributed by atoms with E-state index < -0.39 is 0 Å². The van der Waals surface area contributed by atoms with E-state index >= 15 is 0 Å². The van der Waals surface area contributed by atoms with Crippen LogP contribution in [-0.2, 0) is 16.0 Å². The Morgan fingerprint density at radius 2 is 2.20 bits per heavy atom. The van der Waals surface area contributed by atoms with Gasteiger partial charge in [-0.1, -0.05) is 13.8 Å². The van der Waals surface area contributed by atoms with Gasteiger partial charge in [-0.25, -0.2) is 4.98 Å². The third kappa shape index (κ3) is 3.24. The zero-order valence-electron chi connectivity index (χ0n) is 12.0. The van der Waals surface area contributed by atoms with Gasteiger partial charge >= 0.3 is 0 Å². The maximum absolute atomic E-state index is 12.3. The first-order chi connectivity index (χ1) is 9.67. The molecular formula is C14H21N3O2S. The van der Waals surface area contributed by atoms with Crippen LogP contribution in [0.4, 0.5) is 0 Å². The van der Waals surface area contributed by atoms with Crippen LogP contribution in [0.1, 0.15) is 38.8 Å². The number of carbonyl (C=O) groups is 2. The number of carbonyl (C=O) groups excluding carboxylic acids is 2. The minimum atomic E-state index is -0.360. The first kappa shape index (κ1) is 15.1. The smallest absolute Gasteiger partial charge is 0.247 e. The molecule has 1 aliphatic rings. The second kappa shape index (κ2) is 6.95. The van der Waals surface area contributed by atoms with Gasteiger partial charge in [-0.15, -0.1) is 11.3 Å². The maximum Gasteiger partial charge on any atom is 0.247 e. The highest BCUT2D eigenvalue weighted by Gasteiger charge is 2.40. The normalized spacial score (nSPS) is 19.4. The molecule has 1 fully saturated rings. The fourth-order valence-corrected chi connectivity index (χ4v) is 3.18. The Balaban J connectivity index is 1.87. The molecule has 20 heavy (non-hydrogen) atoms. The average molecular weight is 295 g/mol. The molecule has 0 aromatic carbocycles. The van der Waals surface area contributed by atoms with E-state index in [0.29, 0.717) is 6.54 Å². The van der Waals surface area contributed by atoms with Crippen molar-refractivity contribution in [2.45, 2.75) is 51.6 Å². The lowest BCUT2D eigenvalue weighted by atomic mass is 10.1. The Morgan fingerprint density at radius 1 is 1.45 bits per heavy atom. The van der Waals surface area contributed by atoms with E-state index in [1.54, 1.807) is 16.8 Å². The maximum atomic E-state index is 12.3. The van der Waals surface area contributed by atoms with Crippen LogP contribution in [0.15, 0.2) is 10.9 Å². The van der Waals surface area contributed by atoms with Crippen LogP contribution in [0.2, 0.25) is 0 Å². The number of aromatic nitrogens is 1. The van der Waals surface area contributed by atoms with Gasteiger partial charge in [0.1, 0.15) is 0 Å². The van der Waals surface area contributed by atoms with Gasteiger partial charge < -0.3 is 5.32 Å². The average Bonchev–Trinajstić information content (AvgIpc) is 3.04. The van der Waals surface area contributed by atoms with E-state index in [9.17, 15) is 9.59 Å². The van der Waals surface area contributed by atoms with Gasteiger partial charge in [0.15, 0.2) is 0 Å². The molecule has 0 aliphatic carbocycles. The van der Waals surface area contributed by atoms with Gasteiger partial charge in [-0.2, -0.15) is 0 Å². The van der Waals surface area contributed by atoms with Crippen molar-refractivity contribution >= 4 is 23.2 Å². The fraction of sp³-hybridized carbons (Fsp3) is 0.643. The van der Waals surface area contributed by atoms with Crippen molar-refractivity contribution in [3.63, 3.8) is 0 Å². The highest BCUT2D eigenvalue weighted by Crippen LogP contribution is 2.20. The quantitative estimate of drug-likeness (QED) is 0.776. The van der Waals surface area contributed by atoms with Crippen molar-refractivity contribution in [1.82, 2.24) is 15.2 Å². The molecule has 1 N–H and O–H groups in total. The van der Waals surface area contributed by atoms with E-state index in [0.717, 1.165) is 25.0 Å². The number of hydrogen-bond donors (Lipinski definition) is 1. The monoisotopic (exact) mass is 295 g/mol. The number of amides is 2. The molecule has 1 unspecified atom stereocenters. The number of nitrogens with zero attached hydrogens (tertiary/aromatic N) is 2. The number of nitrogens with one attached hydrogen (secondary N) is 1. The van der Waals surface area contributed by atoms with Gasteiger partial charge in [-0.05, 0) is 12.8 Å². The van der Waals surface area contributed by atoms with Crippen molar-refractivity contribution in [2.75, 3.05) is 6.54 Å². The zero-order valence-corrected chi connectivity index (χ0v) is 12.8. The van der Waals surface area contributed by atoms with Crippen molar-refractivity contribution in [3.05, 3.63) is 16.6 Å². The van der Waals surface area contributed by atoms with Crippen LogP contribution in [0, 0.1) is 0 Å². The molecule has 1 aliphatic heterocycles. The molecule has 1 aromatic rings. The number of imide groups is 1. The van der Waals surface area contributed by atoms with Crippen molar-refractivity contribution in [3.8, 4) is 0 Å². The molecule has 2 amide bonds. The number of likely N-dealkylation sites (tertiary alicyclic amines) is 1. The fourth-order valence-electron chi connectivity index (χ4n) is 2.58. The Hall–Kier alpha value is -1.27. The van der Waals surface area contributed by atoms with Gasteiger partial charge in [0.2, 0.25) is 11.8 Å². The van der Waals surface area contributed by atoms with Gasteiger partial charge in [0.05, 0.1) is 23.7 Å². The first-order valence-electron chi connectivity index (χ1n) is 7.13. The Morgan fingerprint density at radius 3 is 2.80 bits per heavy atom. The van der Waals surface area contributed by atoms with Crippen LogP contribution < -0.4 is 5.32 Å². The summed E-state index contributed by atoms with van der Waals surface area (Å²) in [5, 5.41) is 5.19. The van der Waals surface area contributed by atoms with Gasteiger partial charge in [-0.3, -0.25) is 14.5 Å². The molecule has 1 saturated heterocycles. The summed E-state index contributed by atoms with van der Waals surface area (Å²) in [6.45, 7) is 4.69. The summed E-state index contributed by atoms with van der Waals surface area (Å²) < 4.78 is 0. The summed E-state index contributed by atoms with van der Waals surface area (Å²) in [7, 11) is 0. The zero-order chi connectivity index (χ0) is 14.5. The molecule has 6 heteroatoms.